The summed E-state index contributed by atoms with van der Waals surface area (Å²) in [7, 11) is 0. The molecule has 2 aromatic carbocycles. The van der Waals surface area contributed by atoms with Crippen LogP contribution in [0.2, 0.25) is 0 Å². The molecule has 0 aliphatic rings. The summed E-state index contributed by atoms with van der Waals surface area (Å²) in [6, 6.07) is 9.98. The van der Waals surface area contributed by atoms with Crippen LogP contribution in [0, 0.1) is 26.6 Å². The van der Waals surface area contributed by atoms with Crippen molar-refractivity contribution in [2.45, 2.75) is 20.8 Å². The number of halogens is 1. The molecule has 0 aliphatic carbocycles. The van der Waals surface area contributed by atoms with E-state index in [9.17, 15) is 9.18 Å². The lowest BCUT2D eigenvalue weighted by atomic mass is 9.95. The molecule has 0 N–H and O–H groups in total. The Hall–Kier alpha value is -1.96. The number of benzene rings is 2. The molecule has 0 heterocycles. The van der Waals surface area contributed by atoms with E-state index in [1.165, 1.54) is 12.1 Å². The van der Waals surface area contributed by atoms with Crippen molar-refractivity contribution in [3.05, 3.63) is 70.0 Å². The molecule has 0 saturated heterocycles. The van der Waals surface area contributed by atoms with E-state index in [1.54, 1.807) is 13.0 Å². The minimum atomic E-state index is -0.315. The zero-order valence-corrected chi connectivity index (χ0v) is 10.8. The SMILES string of the molecule is Cc1ccc(C(=O)c2ccc(F)cc2C)c(C)c1. The summed E-state index contributed by atoms with van der Waals surface area (Å²) in [6.07, 6.45) is 0. The van der Waals surface area contributed by atoms with Crippen LogP contribution in [-0.2, 0) is 0 Å². The molecule has 92 valence electrons. The van der Waals surface area contributed by atoms with Crippen LogP contribution in [0.3, 0.4) is 0 Å². The lowest BCUT2D eigenvalue weighted by Crippen LogP contribution is -2.06. The highest BCUT2D eigenvalue weighted by molar-refractivity contribution is 6.10. The van der Waals surface area contributed by atoms with Gasteiger partial charge in [-0.25, -0.2) is 4.39 Å². The Balaban J connectivity index is 2.48. The van der Waals surface area contributed by atoms with Gasteiger partial charge < -0.3 is 0 Å². The summed E-state index contributed by atoms with van der Waals surface area (Å²) in [6.45, 7) is 5.66. The van der Waals surface area contributed by atoms with Crippen LogP contribution in [0.25, 0.3) is 0 Å². The van der Waals surface area contributed by atoms with Gasteiger partial charge in [-0.05, 0) is 50.1 Å². The van der Waals surface area contributed by atoms with Gasteiger partial charge >= 0.3 is 0 Å². The van der Waals surface area contributed by atoms with E-state index < -0.39 is 0 Å². The van der Waals surface area contributed by atoms with Gasteiger partial charge in [-0.1, -0.05) is 23.8 Å². The molecule has 0 amide bonds. The van der Waals surface area contributed by atoms with Crippen molar-refractivity contribution in [3.63, 3.8) is 0 Å². The molecule has 0 unspecified atom stereocenters. The van der Waals surface area contributed by atoms with Gasteiger partial charge in [-0.3, -0.25) is 4.79 Å². The monoisotopic (exact) mass is 242 g/mol. The van der Waals surface area contributed by atoms with Crippen LogP contribution < -0.4 is 0 Å². The molecule has 0 saturated carbocycles. The fourth-order valence-electron chi connectivity index (χ4n) is 2.10. The summed E-state index contributed by atoms with van der Waals surface area (Å²) in [5.74, 6) is -0.366. The molecular formula is C16H15FO. The van der Waals surface area contributed by atoms with Crippen LogP contribution >= 0.6 is 0 Å². The number of aryl methyl sites for hydroxylation is 3. The van der Waals surface area contributed by atoms with Gasteiger partial charge in [0.25, 0.3) is 0 Å². The Kier molecular flexibility index (Phi) is 3.28. The first kappa shape index (κ1) is 12.5. The summed E-state index contributed by atoms with van der Waals surface area (Å²) in [4.78, 5) is 12.4. The predicted molar refractivity (Wildman–Crippen MR) is 70.5 cm³/mol. The Morgan fingerprint density at radius 3 is 2.00 bits per heavy atom. The third-order valence-corrected chi connectivity index (χ3v) is 3.06. The number of carbonyl (C=O) groups is 1. The smallest absolute Gasteiger partial charge is 0.193 e. The zero-order chi connectivity index (χ0) is 13.3. The van der Waals surface area contributed by atoms with Crippen molar-refractivity contribution in [2.24, 2.45) is 0 Å². The van der Waals surface area contributed by atoms with Crippen molar-refractivity contribution in [3.8, 4) is 0 Å². The largest absolute Gasteiger partial charge is 0.289 e. The predicted octanol–water partition coefficient (Wildman–Crippen LogP) is 3.98. The fraction of sp³-hybridized carbons (Fsp3) is 0.188. The highest BCUT2D eigenvalue weighted by Crippen LogP contribution is 2.18. The Morgan fingerprint density at radius 2 is 1.44 bits per heavy atom. The van der Waals surface area contributed by atoms with E-state index in [-0.39, 0.29) is 11.6 Å². The number of hydrogen-bond acceptors (Lipinski definition) is 1. The maximum Gasteiger partial charge on any atom is 0.193 e. The van der Waals surface area contributed by atoms with Gasteiger partial charge in [0.2, 0.25) is 0 Å². The van der Waals surface area contributed by atoms with Crippen LogP contribution in [0.5, 0.6) is 0 Å². The molecule has 18 heavy (non-hydrogen) atoms. The minimum Gasteiger partial charge on any atom is -0.289 e. The molecule has 0 radical (unpaired) electrons. The van der Waals surface area contributed by atoms with Crippen molar-refractivity contribution in [1.29, 1.82) is 0 Å². The molecule has 0 aromatic heterocycles. The van der Waals surface area contributed by atoms with Crippen molar-refractivity contribution in [2.75, 3.05) is 0 Å². The quantitative estimate of drug-likeness (QED) is 0.728. The second-order valence-corrected chi connectivity index (χ2v) is 4.61. The first-order chi connectivity index (χ1) is 8.49. The summed E-state index contributed by atoms with van der Waals surface area (Å²) in [5, 5.41) is 0. The van der Waals surface area contributed by atoms with Gasteiger partial charge in [-0.2, -0.15) is 0 Å². The average molecular weight is 242 g/mol. The molecule has 0 atom stereocenters. The first-order valence-corrected chi connectivity index (χ1v) is 5.87. The van der Waals surface area contributed by atoms with E-state index in [0.717, 1.165) is 11.1 Å². The maximum absolute atomic E-state index is 13.0. The van der Waals surface area contributed by atoms with Crippen LogP contribution in [0.4, 0.5) is 4.39 Å². The van der Waals surface area contributed by atoms with Gasteiger partial charge in [0, 0.05) is 11.1 Å². The van der Waals surface area contributed by atoms with Gasteiger partial charge in [0.1, 0.15) is 5.82 Å². The average Bonchev–Trinajstić information content (AvgIpc) is 2.28. The third kappa shape index (κ3) is 2.33. The molecule has 0 spiro atoms. The molecule has 1 nitrogen and oxygen atoms in total. The van der Waals surface area contributed by atoms with Crippen molar-refractivity contribution < 1.29 is 9.18 Å². The Bertz CT molecular complexity index is 561. The van der Waals surface area contributed by atoms with E-state index in [0.29, 0.717) is 16.7 Å². The number of ketones is 1. The molecule has 2 aromatic rings. The second-order valence-electron chi connectivity index (χ2n) is 4.61. The fourth-order valence-corrected chi connectivity index (χ4v) is 2.10. The van der Waals surface area contributed by atoms with E-state index >= 15 is 0 Å². The summed E-state index contributed by atoms with van der Waals surface area (Å²) in [5.41, 5.74) is 3.97. The number of hydrogen-bond donors (Lipinski definition) is 0. The van der Waals surface area contributed by atoms with Gasteiger partial charge in [-0.15, -0.1) is 0 Å². The lowest BCUT2D eigenvalue weighted by Gasteiger charge is -2.08. The van der Waals surface area contributed by atoms with Gasteiger partial charge in [0.15, 0.2) is 5.78 Å². The maximum atomic E-state index is 13.0. The van der Waals surface area contributed by atoms with Crippen LogP contribution in [-0.4, -0.2) is 5.78 Å². The Morgan fingerprint density at radius 1 is 0.889 bits per heavy atom. The minimum absolute atomic E-state index is 0.0509. The molecule has 0 aliphatic heterocycles. The molecule has 0 bridgehead atoms. The van der Waals surface area contributed by atoms with E-state index in [4.69, 9.17) is 0 Å². The lowest BCUT2D eigenvalue weighted by molar-refractivity contribution is 0.103. The number of carbonyl (C=O) groups excluding carboxylic acids is 1. The highest BCUT2D eigenvalue weighted by atomic mass is 19.1. The van der Waals surface area contributed by atoms with E-state index in [2.05, 4.69) is 0 Å². The molecule has 0 fully saturated rings. The number of rotatable bonds is 2. The van der Waals surface area contributed by atoms with Crippen molar-refractivity contribution >= 4 is 5.78 Å². The topological polar surface area (TPSA) is 17.1 Å². The molecular weight excluding hydrogens is 227 g/mol. The zero-order valence-electron chi connectivity index (χ0n) is 10.8. The standard InChI is InChI=1S/C16H15FO/c1-10-4-6-14(11(2)8-10)16(18)15-7-5-13(17)9-12(15)3/h4-9H,1-3H3. The molecule has 2 heteroatoms. The molecule has 2 rings (SSSR count). The summed E-state index contributed by atoms with van der Waals surface area (Å²) >= 11 is 0. The Labute approximate surface area is 106 Å². The first-order valence-electron chi connectivity index (χ1n) is 5.87. The second kappa shape index (κ2) is 4.73. The third-order valence-electron chi connectivity index (χ3n) is 3.06. The van der Waals surface area contributed by atoms with Gasteiger partial charge in [0.05, 0.1) is 0 Å². The van der Waals surface area contributed by atoms with Crippen LogP contribution in [0.1, 0.15) is 32.6 Å². The van der Waals surface area contributed by atoms with Crippen LogP contribution in [0.15, 0.2) is 36.4 Å². The van der Waals surface area contributed by atoms with E-state index in [1.807, 2.05) is 32.0 Å². The van der Waals surface area contributed by atoms with Crippen molar-refractivity contribution in [1.82, 2.24) is 0 Å². The highest BCUT2D eigenvalue weighted by Gasteiger charge is 2.14. The normalized spacial score (nSPS) is 10.4. The summed E-state index contributed by atoms with van der Waals surface area (Å²) < 4.78 is 13.0.